The first-order valence-electron chi connectivity index (χ1n) is 6.59. The predicted octanol–water partition coefficient (Wildman–Crippen LogP) is 4.00. The zero-order chi connectivity index (χ0) is 13.9. The Hall–Kier alpha value is -1.61. The van der Waals surface area contributed by atoms with Crippen LogP contribution in [-0.2, 0) is 4.74 Å². The molecule has 1 atom stereocenters. The van der Waals surface area contributed by atoms with Crippen molar-refractivity contribution in [3.05, 3.63) is 64.7 Å². The number of aliphatic hydroxyl groups is 1. The number of halogens is 1. The van der Waals surface area contributed by atoms with Crippen LogP contribution in [0.2, 0.25) is 0 Å². The predicted molar refractivity (Wildman–Crippen MR) is 81.5 cm³/mol. The number of ether oxygens (including phenoxy) is 1. The van der Waals surface area contributed by atoms with Gasteiger partial charge in [0.25, 0.3) is 0 Å². The zero-order valence-corrected chi connectivity index (χ0v) is 11.7. The summed E-state index contributed by atoms with van der Waals surface area (Å²) in [6.45, 7) is 0.245. The molecule has 0 spiro atoms. The molecule has 1 aliphatic rings. The fourth-order valence-corrected chi connectivity index (χ4v) is 2.85. The third kappa shape index (κ3) is 2.38. The summed E-state index contributed by atoms with van der Waals surface area (Å²) in [6, 6.07) is 16.2. The summed E-state index contributed by atoms with van der Waals surface area (Å²) in [7, 11) is 0. The van der Waals surface area contributed by atoms with Crippen molar-refractivity contribution in [2.24, 2.45) is 0 Å². The third-order valence-corrected chi connectivity index (χ3v) is 3.72. The normalized spacial score (nSPS) is 16.9. The van der Waals surface area contributed by atoms with E-state index in [9.17, 15) is 0 Å². The van der Waals surface area contributed by atoms with Gasteiger partial charge in [-0.25, -0.2) is 0 Å². The Bertz CT molecular complexity index is 649. The van der Waals surface area contributed by atoms with Gasteiger partial charge in [-0.15, -0.1) is 0 Å². The molecule has 1 unspecified atom stereocenters. The average Bonchev–Trinajstić information content (AvgIpc) is 2.60. The van der Waals surface area contributed by atoms with E-state index in [-0.39, 0.29) is 19.3 Å². The molecule has 0 radical (unpaired) electrons. The van der Waals surface area contributed by atoms with E-state index < -0.39 is 0 Å². The summed E-state index contributed by atoms with van der Waals surface area (Å²) in [5.41, 5.74) is 4.39. The van der Waals surface area contributed by atoms with Gasteiger partial charge in [-0.2, -0.15) is 0 Å². The van der Waals surface area contributed by atoms with Crippen LogP contribution in [0.1, 0.15) is 17.2 Å². The second-order valence-electron chi connectivity index (χ2n) is 4.68. The van der Waals surface area contributed by atoms with Crippen molar-refractivity contribution in [2.75, 3.05) is 13.2 Å². The molecular formula is C17H15ClO2. The maximum Gasteiger partial charge on any atom is 0.119 e. The number of hydrogen-bond donors (Lipinski definition) is 1. The molecule has 0 bridgehead atoms. The van der Waals surface area contributed by atoms with E-state index in [2.05, 4.69) is 12.1 Å². The van der Waals surface area contributed by atoms with Gasteiger partial charge in [0.05, 0.1) is 18.2 Å². The first kappa shape index (κ1) is 13.4. The molecule has 0 aliphatic heterocycles. The Morgan fingerprint density at radius 2 is 1.70 bits per heavy atom. The van der Waals surface area contributed by atoms with Gasteiger partial charge in [0.1, 0.15) is 6.10 Å². The molecule has 20 heavy (non-hydrogen) atoms. The first-order valence-corrected chi connectivity index (χ1v) is 6.97. The van der Waals surface area contributed by atoms with Crippen LogP contribution in [0.15, 0.2) is 53.6 Å². The van der Waals surface area contributed by atoms with Gasteiger partial charge in [0.15, 0.2) is 0 Å². The molecule has 0 heterocycles. The second kappa shape index (κ2) is 5.80. The van der Waals surface area contributed by atoms with Gasteiger partial charge >= 0.3 is 0 Å². The van der Waals surface area contributed by atoms with Crippen LogP contribution >= 0.6 is 11.6 Å². The van der Waals surface area contributed by atoms with Gasteiger partial charge in [-0.3, -0.25) is 0 Å². The van der Waals surface area contributed by atoms with Crippen LogP contribution in [0.5, 0.6) is 0 Å². The molecule has 102 valence electrons. The summed E-state index contributed by atoms with van der Waals surface area (Å²) in [6.07, 6.45) is 1.62. The van der Waals surface area contributed by atoms with Crippen LogP contribution in [0.4, 0.5) is 0 Å². The van der Waals surface area contributed by atoms with Crippen molar-refractivity contribution in [2.45, 2.75) is 6.10 Å². The molecule has 0 saturated carbocycles. The maximum absolute atomic E-state index is 8.99. The summed E-state index contributed by atoms with van der Waals surface area (Å²) in [4.78, 5) is 0. The maximum atomic E-state index is 8.99. The Kier molecular flexibility index (Phi) is 3.88. The summed E-state index contributed by atoms with van der Waals surface area (Å²) < 4.78 is 5.73. The van der Waals surface area contributed by atoms with E-state index in [0.29, 0.717) is 5.03 Å². The lowest BCUT2D eigenvalue weighted by Gasteiger charge is -2.18. The van der Waals surface area contributed by atoms with Crippen LogP contribution < -0.4 is 0 Å². The summed E-state index contributed by atoms with van der Waals surface area (Å²) in [5.74, 6) is 0. The molecule has 3 heteroatoms. The van der Waals surface area contributed by atoms with E-state index in [1.54, 1.807) is 0 Å². The standard InChI is InChI=1S/C17H15ClO2/c18-16-11-12-5-1-2-6-13(12)14-7-3-4-8-15(14)17(16)20-10-9-19/h1-8,11,17,19H,9-10H2. The van der Waals surface area contributed by atoms with Gasteiger partial charge in [-0.05, 0) is 28.3 Å². The largest absolute Gasteiger partial charge is 0.394 e. The van der Waals surface area contributed by atoms with Gasteiger partial charge in [-0.1, -0.05) is 60.1 Å². The molecule has 0 aromatic heterocycles. The highest BCUT2D eigenvalue weighted by atomic mass is 35.5. The Labute approximate surface area is 123 Å². The minimum Gasteiger partial charge on any atom is -0.394 e. The lowest BCUT2D eigenvalue weighted by atomic mass is 9.96. The number of rotatable bonds is 3. The molecule has 2 aromatic carbocycles. The number of fused-ring (bicyclic) bond motifs is 3. The molecule has 0 amide bonds. The van der Waals surface area contributed by atoms with Crippen molar-refractivity contribution in [1.82, 2.24) is 0 Å². The van der Waals surface area contributed by atoms with Gasteiger partial charge < -0.3 is 9.84 Å². The lowest BCUT2D eigenvalue weighted by molar-refractivity contribution is 0.0526. The smallest absolute Gasteiger partial charge is 0.119 e. The van der Waals surface area contributed by atoms with Crippen LogP contribution in [0.3, 0.4) is 0 Å². The molecular weight excluding hydrogens is 272 g/mol. The van der Waals surface area contributed by atoms with Crippen molar-refractivity contribution in [3.63, 3.8) is 0 Å². The lowest BCUT2D eigenvalue weighted by Crippen LogP contribution is -2.08. The summed E-state index contributed by atoms with van der Waals surface area (Å²) >= 11 is 6.43. The second-order valence-corrected chi connectivity index (χ2v) is 5.11. The van der Waals surface area contributed by atoms with Gasteiger partial charge in [0, 0.05) is 0 Å². The number of aliphatic hydroxyl groups excluding tert-OH is 1. The van der Waals surface area contributed by atoms with Crippen LogP contribution in [0, 0.1) is 0 Å². The molecule has 0 fully saturated rings. The van der Waals surface area contributed by atoms with Crippen LogP contribution in [0.25, 0.3) is 17.2 Å². The third-order valence-electron chi connectivity index (χ3n) is 3.41. The van der Waals surface area contributed by atoms with Crippen molar-refractivity contribution >= 4 is 17.7 Å². The molecule has 0 saturated heterocycles. The first-order chi connectivity index (χ1) is 9.81. The topological polar surface area (TPSA) is 29.5 Å². The number of hydrogen-bond acceptors (Lipinski definition) is 2. The molecule has 3 rings (SSSR count). The monoisotopic (exact) mass is 286 g/mol. The highest BCUT2D eigenvalue weighted by Crippen LogP contribution is 2.41. The van der Waals surface area contributed by atoms with E-state index in [1.165, 1.54) is 0 Å². The fraction of sp³-hybridized carbons (Fsp3) is 0.176. The van der Waals surface area contributed by atoms with Crippen molar-refractivity contribution in [3.8, 4) is 11.1 Å². The molecule has 2 nitrogen and oxygen atoms in total. The zero-order valence-electron chi connectivity index (χ0n) is 10.9. The highest BCUT2D eigenvalue weighted by molar-refractivity contribution is 6.32. The van der Waals surface area contributed by atoms with Crippen LogP contribution in [-0.4, -0.2) is 18.3 Å². The SMILES string of the molecule is OCCOC1C(Cl)=Cc2ccccc2-c2ccccc21. The fourth-order valence-electron chi connectivity index (χ4n) is 2.55. The Balaban J connectivity index is 2.18. The minimum atomic E-state index is -0.326. The van der Waals surface area contributed by atoms with E-state index in [4.69, 9.17) is 21.4 Å². The quantitative estimate of drug-likeness (QED) is 0.924. The Morgan fingerprint density at radius 1 is 1.00 bits per heavy atom. The molecule has 1 N–H and O–H groups in total. The van der Waals surface area contributed by atoms with Gasteiger partial charge in [0.2, 0.25) is 0 Å². The minimum absolute atomic E-state index is 0.0181. The van der Waals surface area contributed by atoms with E-state index >= 15 is 0 Å². The number of benzene rings is 2. The Morgan fingerprint density at radius 3 is 2.50 bits per heavy atom. The van der Waals surface area contributed by atoms with E-state index in [0.717, 1.165) is 22.3 Å². The summed E-state index contributed by atoms with van der Waals surface area (Å²) in [5, 5.41) is 9.62. The molecule has 2 aromatic rings. The highest BCUT2D eigenvalue weighted by Gasteiger charge is 2.23. The van der Waals surface area contributed by atoms with E-state index in [1.807, 2.05) is 42.5 Å². The van der Waals surface area contributed by atoms with Crippen molar-refractivity contribution in [1.29, 1.82) is 0 Å². The van der Waals surface area contributed by atoms with Crippen molar-refractivity contribution < 1.29 is 9.84 Å². The molecule has 1 aliphatic carbocycles. The average molecular weight is 287 g/mol.